The second-order valence-electron chi connectivity index (χ2n) is 6.18. The topological polar surface area (TPSA) is 87.3 Å². The van der Waals surface area contributed by atoms with Crippen molar-refractivity contribution in [3.05, 3.63) is 40.5 Å². The number of nitrogens with zero attached hydrogens (tertiary/aromatic N) is 2. The summed E-state index contributed by atoms with van der Waals surface area (Å²) >= 11 is 1.43. The smallest absolute Gasteiger partial charge is 0.270 e. The van der Waals surface area contributed by atoms with Gasteiger partial charge in [0.1, 0.15) is 11.4 Å². The number of H-pyrrole nitrogens is 1. The number of hydrogen-bond donors (Lipinski definition) is 2. The van der Waals surface area contributed by atoms with Crippen molar-refractivity contribution in [2.75, 3.05) is 19.0 Å². The van der Waals surface area contributed by atoms with Gasteiger partial charge in [0.05, 0.1) is 19.3 Å². The van der Waals surface area contributed by atoms with Gasteiger partial charge < -0.3 is 19.9 Å². The van der Waals surface area contributed by atoms with E-state index in [-0.39, 0.29) is 11.8 Å². The molecule has 0 aliphatic carbocycles. The van der Waals surface area contributed by atoms with Crippen molar-refractivity contribution in [3.63, 3.8) is 0 Å². The fraction of sp³-hybridized carbons (Fsp3) is 0.278. The van der Waals surface area contributed by atoms with Gasteiger partial charge in [0.15, 0.2) is 5.13 Å². The van der Waals surface area contributed by atoms with E-state index in [1.165, 1.54) is 18.3 Å². The molecule has 4 rings (SSSR count). The van der Waals surface area contributed by atoms with E-state index in [1.54, 1.807) is 12.0 Å². The number of nitrogens with one attached hydrogen (secondary N) is 2. The molecule has 1 aliphatic heterocycles. The highest BCUT2D eigenvalue weighted by molar-refractivity contribution is 7.15. The van der Waals surface area contributed by atoms with Crippen LogP contribution in [-0.4, -0.2) is 40.3 Å². The largest absolute Gasteiger partial charge is 0.497 e. The molecule has 0 fully saturated rings. The molecular formula is C18H18N4O3S. The number of anilines is 1. The fourth-order valence-corrected chi connectivity index (χ4v) is 4.16. The molecule has 0 radical (unpaired) electrons. The van der Waals surface area contributed by atoms with Crippen molar-refractivity contribution in [3.8, 4) is 5.75 Å². The Hall–Kier alpha value is -2.87. The first-order valence-electron chi connectivity index (χ1n) is 8.25. The first-order valence-corrected chi connectivity index (χ1v) is 9.07. The van der Waals surface area contributed by atoms with Crippen LogP contribution in [0.3, 0.4) is 0 Å². The van der Waals surface area contributed by atoms with Gasteiger partial charge >= 0.3 is 0 Å². The highest BCUT2D eigenvalue weighted by atomic mass is 32.1. The molecule has 2 aromatic heterocycles. The number of hydrogen-bond acceptors (Lipinski definition) is 5. The Morgan fingerprint density at radius 3 is 2.96 bits per heavy atom. The Morgan fingerprint density at radius 2 is 2.19 bits per heavy atom. The number of benzene rings is 1. The fourth-order valence-electron chi connectivity index (χ4n) is 3.09. The molecule has 8 heteroatoms. The van der Waals surface area contributed by atoms with Gasteiger partial charge in [0.2, 0.25) is 5.91 Å². The zero-order chi connectivity index (χ0) is 18.3. The molecule has 1 aromatic carbocycles. The van der Waals surface area contributed by atoms with E-state index in [2.05, 4.69) is 15.3 Å². The summed E-state index contributed by atoms with van der Waals surface area (Å²) in [5.74, 6) is 0.564. The highest BCUT2D eigenvalue weighted by Crippen LogP contribution is 2.29. The van der Waals surface area contributed by atoms with Gasteiger partial charge in [-0.2, -0.15) is 0 Å². The van der Waals surface area contributed by atoms with E-state index in [9.17, 15) is 9.59 Å². The van der Waals surface area contributed by atoms with Gasteiger partial charge in [-0.25, -0.2) is 4.98 Å². The molecule has 2 N–H and O–H groups in total. The SMILES string of the molecule is COc1ccc2cc(C(=O)N3CCc4nc(NC(C)=O)sc4C3)[nH]c2c1. The highest BCUT2D eigenvalue weighted by Gasteiger charge is 2.26. The minimum atomic E-state index is -0.141. The molecule has 0 atom stereocenters. The van der Waals surface area contributed by atoms with Crippen LogP contribution in [0.25, 0.3) is 10.9 Å². The third-order valence-corrected chi connectivity index (χ3v) is 5.36. The number of aromatic nitrogens is 2. The van der Waals surface area contributed by atoms with E-state index >= 15 is 0 Å². The Balaban J connectivity index is 1.55. The van der Waals surface area contributed by atoms with Crippen molar-refractivity contribution in [1.29, 1.82) is 0 Å². The maximum atomic E-state index is 12.9. The van der Waals surface area contributed by atoms with Crippen molar-refractivity contribution >= 4 is 39.2 Å². The van der Waals surface area contributed by atoms with Crippen LogP contribution in [0.4, 0.5) is 5.13 Å². The van der Waals surface area contributed by atoms with Crippen LogP contribution in [0.1, 0.15) is 28.0 Å². The third-order valence-electron chi connectivity index (χ3n) is 4.36. The second-order valence-corrected chi connectivity index (χ2v) is 7.27. The van der Waals surface area contributed by atoms with Crippen molar-refractivity contribution in [2.24, 2.45) is 0 Å². The molecule has 1 aliphatic rings. The summed E-state index contributed by atoms with van der Waals surface area (Å²) in [5, 5.41) is 4.28. The number of carbonyl (C=O) groups excluding carboxylic acids is 2. The lowest BCUT2D eigenvalue weighted by Gasteiger charge is -2.25. The predicted octanol–water partition coefficient (Wildman–Crippen LogP) is 2.79. The van der Waals surface area contributed by atoms with Crippen LogP contribution in [-0.2, 0) is 17.8 Å². The van der Waals surface area contributed by atoms with Gasteiger partial charge in [0, 0.05) is 41.7 Å². The van der Waals surface area contributed by atoms with Gasteiger partial charge in [-0.1, -0.05) is 11.3 Å². The number of methoxy groups -OCH3 is 1. The summed E-state index contributed by atoms with van der Waals surface area (Å²) in [6.45, 7) is 2.57. The minimum Gasteiger partial charge on any atom is -0.497 e. The summed E-state index contributed by atoms with van der Waals surface area (Å²) in [6.07, 6.45) is 0.686. The molecule has 0 saturated carbocycles. The van der Waals surface area contributed by atoms with Gasteiger partial charge in [0.25, 0.3) is 5.91 Å². The van der Waals surface area contributed by atoms with Crippen LogP contribution < -0.4 is 10.1 Å². The first kappa shape index (κ1) is 16.6. The Bertz CT molecular complexity index is 1010. The van der Waals surface area contributed by atoms with Crippen LogP contribution in [0, 0.1) is 0 Å². The van der Waals surface area contributed by atoms with Crippen LogP contribution in [0.15, 0.2) is 24.3 Å². The Labute approximate surface area is 154 Å². The molecule has 3 aromatic rings. The predicted molar refractivity (Wildman–Crippen MR) is 99.7 cm³/mol. The van der Waals surface area contributed by atoms with Crippen LogP contribution in [0.2, 0.25) is 0 Å². The minimum absolute atomic E-state index is 0.0414. The zero-order valence-corrected chi connectivity index (χ0v) is 15.3. The van der Waals surface area contributed by atoms with E-state index < -0.39 is 0 Å². The molecule has 7 nitrogen and oxygen atoms in total. The molecule has 3 heterocycles. The average Bonchev–Trinajstić information content (AvgIpc) is 3.22. The molecule has 0 saturated heterocycles. The molecule has 0 unspecified atom stereocenters. The lowest BCUT2D eigenvalue weighted by Crippen LogP contribution is -2.35. The lowest BCUT2D eigenvalue weighted by atomic mass is 10.1. The lowest BCUT2D eigenvalue weighted by molar-refractivity contribution is -0.114. The van der Waals surface area contributed by atoms with E-state index in [4.69, 9.17) is 4.74 Å². The summed E-state index contributed by atoms with van der Waals surface area (Å²) in [4.78, 5) is 34.5. The van der Waals surface area contributed by atoms with E-state index in [0.29, 0.717) is 30.3 Å². The molecule has 26 heavy (non-hydrogen) atoms. The summed E-state index contributed by atoms with van der Waals surface area (Å²) in [5.41, 5.74) is 2.39. The van der Waals surface area contributed by atoms with Gasteiger partial charge in [-0.15, -0.1) is 0 Å². The number of rotatable bonds is 3. The van der Waals surface area contributed by atoms with Crippen LogP contribution in [0.5, 0.6) is 5.75 Å². The normalized spacial score (nSPS) is 13.5. The molecular weight excluding hydrogens is 352 g/mol. The number of ether oxygens (including phenoxy) is 1. The summed E-state index contributed by atoms with van der Waals surface area (Å²) in [6, 6.07) is 7.54. The van der Waals surface area contributed by atoms with Crippen molar-refractivity contribution in [1.82, 2.24) is 14.9 Å². The Kier molecular flexibility index (Phi) is 4.12. The zero-order valence-electron chi connectivity index (χ0n) is 14.5. The van der Waals surface area contributed by atoms with Gasteiger partial charge in [-0.3, -0.25) is 9.59 Å². The summed E-state index contributed by atoms with van der Waals surface area (Å²) in [7, 11) is 1.62. The number of fused-ring (bicyclic) bond motifs is 2. The number of carbonyl (C=O) groups is 2. The second kappa shape index (κ2) is 6.45. The number of thiazole rings is 1. The molecule has 134 valence electrons. The number of aromatic amines is 1. The van der Waals surface area contributed by atoms with Crippen LogP contribution >= 0.6 is 11.3 Å². The molecule has 0 bridgehead atoms. The third kappa shape index (κ3) is 3.03. The standard InChI is InChI=1S/C18H18N4O3S/c1-10(23)19-18-21-13-5-6-22(9-16(13)26-18)17(24)15-7-11-3-4-12(25-2)8-14(11)20-15/h3-4,7-8,20H,5-6,9H2,1-2H3,(H,19,21,23). The molecule has 0 spiro atoms. The quantitative estimate of drug-likeness (QED) is 0.742. The summed E-state index contributed by atoms with van der Waals surface area (Å²) < 4.78 is 5.23. The maximum absolute atomic E-state index is 12.9. The maximum Gasteiger partial charge on any atom is 0.270 e. The Morgan fingerprint density at radius 1 is 1.35 bits per heavy atom. The van der Waals surface area contributed by atoms with E-state index in [1.807, 2.05) is 24.3 Å². The van der Waals surface area contributed by atoms with Crippen molar-refractivity contribution in [2.45, 2.75) is 19.9 Å². The van der Waals surface area contributed by atoms with Crippen molar-refractivity contribution < 1.29 is 14.3 Å². The monoisotopic (exact) mass is 370 g/mol. The van der Waals surface area contributed by atoms with E-state index in [0.717, 1.165) is 27.2 Å². The van der Waals surface area contributed by atoms with Gasteiger partial charge in [-0.05, 0) is 18.2 Å². The average molecular weight is 370 g/mol. The molecule has 2 amide bonds. The number of amides is 2. The first-order chi connectivity index (χ1) is 12.5.